The van der Waals surface area contributed by atoms with Gasteiger partial charge in [-0.2, -0.15) is 0 Å². The number of anilines is 1. The first-order valence-electron chi connectivity index (χ1n) is 7.15. The topological polar surface area (TPSA) is 99.0 Å². The van der Waals surface area contributed by atoms with Crippen molar-refractivity contribution in [1.82, 2.24) is 20.2 Å². The summed E-state index contributed by atoms with van der Waals surface area (Å²) in [5, 5.41) is 13.1. The SMILES string of the molecule is CC(=O)Nc1cc(C(=O)Oc2ccc(-n3cnnn3)cc2)ccc1F. The highest BCUT2D eigenvalue weighted by Crippen LogP contribution is 2.19. The van der Waals surface area contributed by atoms with E-state index in [-0.39, 0.29) is 11.3 Å². The van der Waals surface area contributed by atoms with Gasteiger partial charge in [0.25, 0.3) is 0 Å². The molecule has 0 fully saturated rings. The Balaban J connectivity index is 1.75. The lowest BCUT2D eigenvalue weighted by Crippen LogP contribution is -2.12. The lowest BCUT2D eigenvalue weighted by Gasteiger charge is -2.08. The molecule has 9 heteroatoms. The molecule has 2 aromatic carbocycles. The summed E-state index contributed by atoms with van der Waals surface area (Å²) in [7, 11) is 0. The van der Waals surface area contributed by atoms with E-state index in [1.165, 1.54) is 30.1 Å². The molecule has 0 aliphatic rings. The van der Waals surface area contributed by atoms with Crippen molar-refractivity contribution in [2.24, 2.45) is 0 Å². The molecule has 0 unspecified atom stereocenters. The average molecular weight is 341 g/mol. The van der Waals surface area contributed by atoms with Gasteiger partial charge in [-0.25, -0.2) is 13.9 Å². The van der Waals surface area contributed by atoms with Crippen molar-refractivity contribution >= 4 is 17.6 Å². The number of tetrazole rings is 1. The number of carbonyl (C=O) groups excluding carboxylic acids is 2. The lowest BCUT2D eigenvalue weighted by molar-refractivity contribution is -0.114. The zero-order valence-corrected chi connectivity index (χ0v) is 13.0. The third-order valence-electron chi connectivity index (χ3n) is 3.17. The second kappa shape index (κ2) is 6.87. The van der Waals surface area contributed by atoms with Crippen LogP contribution in [0.15, 0.2) is 48.8 Å². The summed E-state index contributed by atoms with van der Waals surface area (Å²) in [5.74, 6) is -1.46. The van der Waals surface area contributed by atoms with Crippen LogP contribution in [0.5, 0.6) is 5.75 Å². The highest BCUT2D eigenvalue weighted by Gasteiger charge is 2.13. The Bertz CT molecular complexity index is 910. The number of carbonyl (C=O) groups is 2. The number of hydrogen-bond donors (Lipinski definition) is 1. The molecule has 25 heavy (non-hydrogen) atoms. The van der Waals surface area contributed by atoms with Gasteiger partial charge in [0.2, 0.25) is 5.91 Å². The molecule has 3 rings (SSSR count). The number of hydrogen-bond acceptors (Lipinski definition) is 6. The number of aromatic nitrogens is 4. The predicted octanol–water partition coefficient (Wildman–Crippen LogP) is 1.98. The third kappa shape index (κ3) is 3.83. The van der Waals surface area contributed by atoms with Crippen LogP contribution in [0.2, 0.25) is 0 Å². The van der Waals surface area contributed by atoms with Gasteiger partial charge in [-0.15, -0.1) is 5.10 Å². The molecule has 126 valence electrons. The van der Waals surface area contributed by atoms with E-state index in [0.717, 1.165) is 6.07 Å². The van der Waals surface area contributed by atoms with Crippen LogP contribution in [-0.4, -0.2) is 32.1 Å². The summed E-state index contributed by atoms with van der Waals surface area (Å²) in [6, 6.07) is 10.1. The summed E-state index contributed by atoms with van der Waals surface area (Å²) < 4.78 is 20.3. The van der Waals surface area contributed by atoms with Gasteiger partial charge in [-0.05, 0) is 52.9 Å². The van der Waals surface area contributed by atoms with Crippen molar-refractivity contribution in [3.05, 3.63) is 60.2 Å². The fourth-order valence-corrected chi connectivity index (χ4v) is 2.05. The minimum absolute atomic E-state index is 0.0871. The van der Waals surface area contributed by atoms with E-state index in [1.807, 2.05) is 0 Å². The van der Waals surface area contributed by atoms with Crippen LogP contribution in [0.3, 0.4) is 0 Å². The Morgan fingerprint density at radius 3 is 2.56 bits per heavy atom. The first-order chi connectivity index (χ1) is 12.0. The van der Waals surface area contributed by atoms with Crippen LogP contribution in [0.1, 0.15) is 17.3 Å². The van der Waals surface area contributed by atoms with Crippen LogP contribution in [0.25, 0.3) is 5.69 Å². The van der Waals surface area contributed by atoms with Gasteiger partial charge in [0.15, 0.2) is 0 Å². The van der Waals surface area contributed by atoms with Crippen molar-refractivity contribution < 1.29 is 18.7 Å². The van der Waals surface area contributed by atoms with E-state index in [4.69, 9.17) is 4.74 Å². The zero-order chi connectivity index (χ0) is 17.8. The van der Waals surface area contributed by atoms with Crippen LogP contribution in [0, 0.1) is 5.82 Å². The van der Waals surface area contributed by atoms with Gasteiger partial charge in [-0.1, -0.05) is 0 Å². The maximum atomic E-state index is 13.6. The number of ether oxygens (including phenoxy) is 1. The van der Waals surface area contributed by atoms with Crippen LogP contribution in [-0.2, 0) is 4.79 Å². The van der Waals surface area contributed by atoms with E-state index in [1.54, 1.807) is 24.3 Å². The minimum Gasteiger partial charge on any atom is -0.423 e. The largest absolute Gasteiger partial charge is 0.423 e. The van der Waals surface area contributed by atoms with E-state index in [2.05, 4.69) is 20.8 Å². The number of nitrogens with zero attached hydrogens (tertiary/aromatic N) is 4. The molecule has 1 heterocycles. The quantitative estimate of drug-likeness (QED) is 0.575. The molecule has 0 bridgehead atoms. The van der Waals surface area contributed by atoms with Crippen molar-refractivity contribution in [1.29, 1.82) is 0 Å². The zero-order valence-electron chi connectivity index (χ0n) is 13.0. The van der Waals surface area contributed by atoms with Gasteiger partial charge in [0.1, 0.15) is 17.9 Å². The molecule has 3 aromatic rings. The Morgan fingerprint density at radius 1 is 1.16 bits per heavy atom. The second-order valence-corrected chi connectivity index (χ2v) is 5.01. The Kier molecular flexibility index (Phi) is 4.46. The summed E-state index contributed by atoms with van der Waals surface area (Å²) in [6.07, 6.45) is 1.43. The van der Waals surface area contributed by atoms with E-state index >= 15 is 0 Å². The van der Waals surface area contributed by atoms with E-state index in [0.29, 0.717) is 11.4 Å². The molecule has 0 saturated heterocycles. The monoisotopic (exact) mass is 341 g/mol. The molecular weight excluding hydrogens is 329 g/mol. The number of esters is 1. The van der Waals surface area contributed by atoms with Crippen molar-refractivity contribution in [3.8, 4) is 11.4 Å². The minimum atomic E-state index is -0.679. The Labute approximate surface area is 141 Å². The fraction of sp³-hybridized carbons (Fsp3) is 0.0625. The molecule has 1 N–H and O–H groups in total. The number of rotatable bonds is 4. The number of nitrogens with one attached hydrogen (secondary N) is 1. The Morgan fingerprint density at radius 2 is 1.92 bits per heavy atom. The first kappa shape index (κ1) is 16.2. The van der Waals surface area contributed by atoms with Gasteiger partial charge in [-0.3, -0.25) is 4.79 Å². The lowest BCUT2D eigenvalue weighted by atomic mass is 10.2. The normalized spacial score (nSPS) is 10.3. The fourth-order valence-electron chi connectivity index (χ4n) is 2.05. The number of benzene rings is 2. The molecule has 0 spiro atoms. The van der Waals surface area contributed by atoms with Crippen LogP contribution < -0.4 is 10.1 Å². The van der Waals surface area contributed by atoms with Gasteiger partial charge >= 0.3 is 5.97 Å². The number of amides is 1. The molecular formula is C16H12FN5O3. The van der Waals surface area contributed by atoms with Crippen molar-refractivity contribution in [2.45, 2.75) is 6.92 Å². The third-order valence-corrected chi connectivity index (χ3v) is 3.17. The van der Waals surface area contributed by atoms with Gasteiger partial charge in [0, 0.05) is 6.92 Å². The molecule has 0 saturated carbocycles. The van der Waals surface area contributed by atoms with Crippen LogP contribution in [0.4, 0.5) is 10.1 Å². The standard InChI is InChI=1S/C16H12FN5O3/c1-10(23)19-15-8-11(2-7-14(15)17)16(24)25-13-5-3-12(4-6-13)22-9-18-20-21-22/h2-9H,1H3,(H,19,23). The molecule has 1 aromatic heterocycles. The van der Waals surface area contributed by atoms with E-state index in [9.17, 15) is 14.0 Å². The van der Waals surface area contributed by atoms with Crippen molar-refractivity contribution in [3.63, 3.8) is 0 Å². The smallest absolute Gasteiger partial charge is 0.343 e. The highest BCUT2D eigenvalue weighted by molar-refractivity contribution is 5.94. The predicted molar refractivity (Wildman–Crippen MR) is 84.8 cm³/mol. The molecule has 0 aliphatic heterocycles. The van der Waals surface area contributed by atoms with Crippen molar-refractivity contribution in [2.75, 3.05) is 5.32 Å². The maximum Gasteiger partial charge on any atom is 0.343 e. The maximum absolute atomic E-state index is 13.6. The van der Waals surface area contributed by atoms with Gasteiger partial charge in [0.05, 0.1) is 16.9 Å². The molecule has 0 radical (unpaired) electrons. The molecule has 1 amide bonds. The highest BCUT2D eigenvalue weighted by atomic mass is 19.1. The summed E-state index contributed by atoms with van der Waals surface area (Å²) in [5.41, 5.74) is 0.713. The summed E-state index contributed by atoms with van der Waals surface area (Å²) in [6.45, 7) is 1.25. The number of halogens is 1. The average Bonchev–Trinajstić information content (AvgIpc) is 3.11. The first-order valence-corrected chi connectivity index (χ1v) is 7.15. The molecule has 0 aliphatic carbocycles. The summed E-state index contributed by atoms with van der Waals surface area (Å²) >= 11 is 0. The summed E-state index contributed by atoms with van der Waals surface area (Å²) in [4.78, 5) is 23.2. The molecule has 0 atom stereocenters. The molecule has 8 nitrogen and oxygen atoms in total. The Hall–Kier alpha value is -3.62. The second-order valence-electron chi connectivity index (χ2n) is 5.01. The van der Waals surface area contributed by atoms with E-state index < -0.39 is 17.7 Å². The van der Waals surface area contributed by atoms with Crippen LogP contribution >= 0.6 is 0 Å². The van der Waals surface area contributed by atoms with Gasteiger partial charge < -0.3 is 10.1 Å².